The number of para-hydroxylation sites is 2. The SMILES string of the molecule is CN(C)c1ccc(C(=O)C=Cc2ccc(N(c3ccccc3)c3ccccc3)cc2)cc1. The van der Waals surface area contributed by atoms with E-state index < -0.39 is 0 Å². The van der Waals surface area contributed by atoms with Crippen molar-refractivity contribution in [3.8, 4) is 0 Å². The zero-order valence-electron chi connectivity index (χ0n) is 18.3. The zero-order valence-corrected chi connectivity index (χ0v) is 18.3. The molecule has 3 nitrogen and oxygen atoms in total. The summed E-state index contributed by atoms with van der Waals surface area (Å²) >= 11 is 0. The standard InChI is InChI=1S/C29H26N2O/c1-30(2)25-20-16-24(17-21-25)29(32)22-15-23-13-18-28(19-14-23)31(26-9-5-3-6-10-26)27-11-7-4-8-12-27/h3-22H,1-2H3. The molecule has 0 aliphatic carbocycles. The van der Waals surface area contributed by atoms with E-state index in [9.17, 15) is 4.79 Å². The lowest BCUT2D eigenvalue weighted by Gasteiger charge is -2.25. The Balaban J connectivity index is 1.54. The normalized spacial score (nSPS) is 10.8. The minimum atomic E-state index is -0.00502. The molecule has 0 atom stereocenters. The van der Waals surface area contributed by atoms with E-state index in [1.165, 1.54) is 0 Å². The van der Waals surface area contributed by atoms with Gasteiger partial charge in [-0.3, -0.25) is 4.79 Å². The van der Waals surface area contributed by atoms with Crippen molar-refractivity contribution in [1.82, 2.24) is 0 Å². The lowest BCUT2D eigenvalue weighted by molar-refractivity contribution is 0.104. The molecule has 0 amide bonds. The first kappa shape index (κ1) is 21.1. The molecule has 32 heavy (non-hydrogen) atoms. The molecule has 0 fully saturated rings. The van der Waals surface area contributed by atoms with Crippen molar-refractivity contribution in [2.45, 2.75) is 0 Å². The number of carbonyl (C=O) groups excluding carboxylic acids is 1. The maximum absolute atomic E-state index is 12.5. The molecule has 0 unspecified atom stereocenters. The number of carbonyl (C=O) groups is 1. The molecular formula is C29H26N2O. The Labute approximate surface area is 189 Å². The van der Waals surface area contributed by atoms with Crippen molar-refractivity contribution in [3.63, 3.8) is 0 Å². The highest BCUT2D eigenvalue weighted by Gasteiger charge is 2.11. The number of allylic oxidation sites excluding steroid dienone is 1. The van der Waals surface area contributed by atoms with Crippen molar-refractivity contribution < 1.29 is 4.79 Å². The predicted octanol–water partition coefficient (Wildman–Crippen LogP) is 7.12. The van der Waals surface area contributed by atoms with E-state index in [1.807, 2.05) is 97.9 Å². The van der Waals surface area contributed by atoms with Gasteiger partial charge in [-0.15, -0.1) is 0 Å². The molecule has 4 rings (SSSR count). The van der Waals surface area contributed by atoms with Gasteiger partial charge in [0.15, 0.2) is 5.78 Å². The lowest BCUT2D eigenvalue weighted by atomic mass is 10.1. The third-order valence-electron chi connectivity index (χ3n) is 5.28. The molecule has 0 saturated heterocycles. The first-order chi connectivity index (χ1) is 15.6. The van der Waals surface area contributed by atoms with Crippen LogP contribution in [0.15, 0.2) is 115 Å². The molecule has 4 aromatic carbocycles. The number of benzene rings is 4. The second kappa shape index (κ2) is 9.80. The minimum Gasteiger partial charge on any atom is -0.378 e. The van der Waals surface area contributed by atoms with Crippen molar-refractivity contribution in [3.05, 3.63) is 126 Å². The quantitative estimate of drug-likeness (QED) is 0.236. The molecule has 0 aliphatic heterocycles. The third kappa shape index (κ3) is 4.96. The number of rotatable bonds is 7. The van der Waals surface area contributed by atoms with Gasteiger partial charge in [0, 0.05) is 42.4 Å². The van der Waals surface area contributed by atoms with Crippen LogP contribution in [0.3, 0.4) is 0 Å². The number of nitrogens with zero attached hydrogens (tertiary/aromatic N) is 2. The monoisotopic (exact) mass is 418 g/mol. The summed E-state index contributed by atoms with van der Waals surface area (Å²) in [5.74, 6) is -0.00502. The van der Waals surface area contributed by atoms with E-state index in [-0.39, 0.29) is 5.78 Å². The second-order valence-electron chi connectivity index (χ2n) is 7.74. The first-order valence-corrected chi connectivity index (χ1v) is 10.6. The van der Waals surface area contributed by atoms with Gasteiger partial charge in [0.2, 0.25) is 0 Å². The summed E-state index contributed by atoms with van der Waals surface area (Å²) in [5.41, 5.74) is 5.99. The molecule has 0 spiro atoms. The molecule has 0 radical (unpaired) electrons. The van der Waals surface area contributed by atoms with Crippen LogP contribution < -0.4 is 9.80 Å². The number of ketones is 1. The van der Waals surface area contributed by atoms with Crippen molar-refractivity contribution in [2.75, 3.05) is 23.9 Å². The highest BCUT2D eigenvalue weighted by atomic mass is 16.1. The van der Waals surface area contributed by atoms with Crippen LogP contribution in [0.1, 0.15) is 15.9 Å². The van der Waals surface area contributed by atoms with Crippen LogP contribution in [0.4, 0.5) is 22.7 Å². The Morgan fingerprint density at radius 3 is 1.56 bits per heavy atom. The summed E-state index contributed by atoms with van der Waals surface area (Å²) in [6.07, 6.45) is 3.49. The Morgan fingerprint density at radius 1 is 0.594 bits per heavy atom. The van der Waals surface area contributed by atoms with Crippen molar-refractivity contribution >= 4 is 34.6 Å². The van der Waals surface area contributed by atoms with E-state index in [0.29, 0.717) is 5.56 Å². The van der Waals surface area contributed by atoms with Crippen LogP contribution in [-0.4, -0.2) is 19.9 Å². The fourth-order valence-corrected chi connectivity index (χ4v) is 3.53. The highest BCUT2D eigenvalue weighted by molar-refractivity contribution is 6.07. The Hall–Kier alpha value is -4.11. The van der Waals surface area contributed by atoms with Gasteiger partial charge in [0.25, 0.3) is 0 Å². The summed E-state index contributed by atoms with van der Waals surface area (Å²) in [6, 6.07) is 36.5. The Morgan fingerprint density at radius 2 is 1.06 bits per heavy atom. The first-order valence-electron chi connectivity index (χ1n) is 10.6. The summed E-state index contributed by atoms with van der Waals surface area (Å²) in [5, 5.41) is 0. The molecule has 0 aliphatic rings. The molecule has 3 heteroatoms. The van der Waals surface area contributed by atoms with Crippen LogP contribution in [0.5, 0.6) is 0 Å². The van der Waals surface area contributed by atoms with Crippen LogP contribution in [-0.2, 0) is 0 Å². The minimum absolute atomic E-state index is 0.00502. The number of hydrogen-bond acceptors (Lipinski definition) is 3. The van der Waals surface area contributed by atoms with Crippen LogP contribution in [0, 0.1) is 0 Å². The summed E-state index contributed by atoms with van der Waals surface area (Å²) in [6.45, 7) is 0. The van der Waals surface area contributed by atoms with Gasteiger partial charge in [-0.1, -0.05) is 54.6 Å². The third-order valence-corrected chi connectivity index (χ3v) is 5.28. The maximum atomic E-state index is 12.5. The lowest BCUT2D eigenvalue weighted by Crippen LogP contribution is -2.09. The Bertz CT molecular complexity index is 1140. The molecule has 4 aromatic rings. The molecule has 0 aromatic heterocycles. The number of anilines is 4. The van der Waals surface area contributed by atoms with E-state index in [0.717, 1.165) is 28.3 Å². The average molecular weight is 419 g/mol. The zero-order chi connectivity index (χ0) is 22.3. The summed E-state index contributed by atoms with van der Waals surface area (Å²) in [7, 11) is 3.97. The van der Waals surface area contributed by atoms with Crippen molar-refractivity contribution in [2.24, 2.45) is 0 Å². The predicted molar refractivity (Wildman–Crippen MR) is 135 cm³/mol. The van der Waals surface area contributed by atoms with Crippen molar-refractivity contribution in [1.29, 1.82) is 0 Å². The van der Waals surface area contributed by atoms with E-state index in [1.54, 1.807) is 6.08 Å². The highest BCUT2D eigenvalue weighted by Crippen LogP contribution is 2.34. The van der Waals surface area contributed by atoms with Gasteiger partial charge in [0.05, 0.1) is 0 Å². The summed E-state index contributed by atoms with van der Waals surface area (Å²) in [4.78, 5) is 16.8. The van der Waals surface area contributed by atoms with Crippen LogP contribution >= 0.6 is 0 Å². The molecule has 0 saturated carbocycles. The van der Waals surface area contributed by atoms with E-state index >= 15 is 0 Å². The van der Waals surface area contributed by atoms with E-state index in [2.05, 4.69) is 41.3 Å². The molecule has 0 bridgehead atoms. The Kier molecular flexibility index (Phi) is 6.47. The topological polar surface area (TPSA) is 23.6 Å². The van der Waals surface area contributed by atoms with E-state index in [4.69, 9.17) is 0 Å². The van der Waals surface area contributed by atoms with Crippen LogP contribution in [0.2, 0.25) is 0 Å². The summed E-state index contributed by atoms with van der Waals surface area (Å²) < 4.78 is 0. The largest absolute Gasteiger partial charge is 0.378 e. The van der Waals surface area contributed by atoms with Gasteiger partial charge >= 0.3 is 0 Å². The van der Waals surface area contributed by atoms with Gasteiger partial charge in [-0.05, 0) is 72.3 Å². The average Bonchev–Trinajstić information content (AvgIpc) is 2.85. The maximum Gasteiger partial charge on any atom is 0.185 e. The molecule has 0 N–H and O–H groups in total. The van der Waals surface area contributed by atoms with Gasteiger partial charge < -0.3 is 9.80 Å². The molecular weight excluding hydrogens is 392 g/mol. The van der Waals surface area contributed by atoms with Crippen LogP contribution in [0.25, 0.3) is 6.08 Å². The fraction of sp³-hybridized carbons (Fsp3) is 0.0690. The van der Waals surface area contributed by atoms with Gasteiger partial charge in [-0.25, -0.2) is 0 Å². The van der Waals surface area contributed by atoms with Gasteiger partial charge in [0.1, 0.15) is 0 Å². The smallest absolute Gasteiger partial charge is 0.185 e. The van der Waals surface area contributed by atoms with Gasteiger partial charge in [-0.2, -0.15) is 0 Å². The molecule has 158 valence electrons. The molecule has 0 heterocycles. The second-order valence-corrected chi connectivity index (χ2v) is 7.74. The number of hydrogen-bond donors (Lipinski definition) is 0. The fourth-order valence-electron chi connectivity index (χ4n) is 3.53.